The Kier molecular flexibility index (Phi) is 5.17. The number of thiazole rings is 1. The Morgan fingerprint density at radius 3 is 2.68 bits per heavy atom. The van der Waals surface area contributed by atoms with Gasteiger partial charge in [-0.1, -0.05) is 23.5 Å². The first-order chi connectivity index (χ1) is 15.0. The fraction of sp³-hybridized carbons (Fsp3) is 0.364. The Morgan fingerprint density at radius 2 is 2.00 bits per heavy atom. The van der Waals surface area contributed by atoms with Crippen LogP contribution >= 0.6 is 11.3 Å². The predicted octanol–water partition coefficient (Wildman–Crippen LogP) is 3.96. The average molecular weight is 441 g/mol. The molecule has 0 unspecified atom stereocenters. The Balaban J connectivity index is 1.61. The van der Waals surface area contributed by atoms with Crippen molar-refractivity contribution in [2.24, 2.45) is 0 Å². The monoisotopic (exact) mass is 440 g/mol. The summed E-state index contributed by atoms with van der Waals surface area (Å²) in [7, 11) is 1.66. The van der Waals surface area contributed by atoms with Crippen LogP contribution in [0.5, 0.6) is 11.6 Å². The molecule has 0 radical (unpaired) electrons. The molecule has 1 N–H and O–H groups in total. The van der Waals surface area contributed by atoms with Crippen molar-refractivity contribution in [3.05, 3.63) is 53.1 Å². The van der Waals surface area contributed by atoms with E-state index in [9.17, 15) is 5.11 Å². The van der Waals surface area contributed by atoms with Crippen LogP contribution in [0.2, 0.25) is 0 Å². The Bertz CT molecular complexity index is 1180. The molecule has 0 bridgehead atoms. The highest BCUT2D eigenvalue weighted by Gasteiger charge is 2.34. The number of aromatic hydroxyl groups is 1. The lowest BCUT2D eigenvalue weighted by molar-refractivity contribution is -0.0764. The molecular weight excluding hydrogens is 416 g/mol. The molecule has 3 atom stereocenters. The summed E-state index contributed by atoms with van der Waals surface area (Å²) in [5.74, 6) is 1.88. The van der Waals surface area contributed by atoms with E-state index in [0.717, 1.165) is 29.3 Å². The van der Waals surface area contributed by atoms with Gasteiger partial charge in [0.15, 0.2) is 5.76 Å². The van der Waals surface area contributed by atoms with E-state index in [1.54, 1.807) is 25.5 Å². The molecule has 1 saturated heterocycles. The van der Waals surface area contributed by atoms with Crippen LogP contribution in [-0.4, -0.2) is 57.0 Å². The number of methoxy groups -OCH3 is 1. The van der Waals surface area contributed by atoms with Crippen molar-refractivity contribution in [2.45, 2.75) is 32.1 Å². The third kappa shape index (κ3) is 3.69. The molecule has 0 amide bonds. The fourth-order valence-corrected chi connectivity index (χ4v) is 5.32. The second-order valence-electron chi connectivity index (χ2n) is 7.79. The van der Waals surface area contributed by atoms with Crippen molar-refractivity contribution >= 4 is 16.3 Å². The molecule has 1 aliphatic heterocycles. The number of aromatic nitrogens is 3. The minimum Gasteiger partial charge on any atom is -0.497 e. The predicted molar refractivity (Wildman–Crippen MR) is 117 cm³/mol. The highest BCUT2D eigenvalue weighted by atomic mass is 32.1. The largest absolute Gasteiger partial charge is 0.497 e. The molecule has 0 saturated carbocycles. The first-order valence-corrected chi connectivity index (χ1v) is 11.0. The van der Waals surface area contributed by atoms with Gasteiger partial charge >= 0.3 is 0 Å². The SMILES string of the molecule is COc1cccc([C@H](c2sc3nc(-c4ccco4)nn3c2O)N2C[C@H](C)O[C@@H](C)C2)c1. The van der Waals surface area contributed by atoms with Gasteiger partial charge in [0.1, 0.15) is 5.75 Å². The summed E-state index contributed by atoms with van der Waals surface area (Å²) < 4.78 is 18.3. The zero-order valence-electron chi connectivity index (χ0n) is 17.6. The van der Waals surface area contributed by atoms with Gasteiger partial charge in [0, 0.05) is 13.1 Å². The first kappa shape index (κ1) is 20.0. The van der Waals surface area contributed by atoms with Crippen LogP contribution in [0.1, 0.15) is 30.3 Å². The van der Waals surface area contributed by atoms with E-state index in [2.05, 4.69) is 34.9 Å². The standard InChI is InChI=1S/C22H24N4O4S/c1-13-11-25(12-14(2)30-13)18(15-6-4-7-16(10-15)28-3)19-21(27)26-22(31-19)23-20(24-26)17-8-5-9-29-17/h4-10,13-14,18,27H,11-12H2,1-3H3/t13-,14-,18+/m0/s1. The molecule has 0 spiro atoms. The van der Waals surface area contributed by atoms with E-state index in [-0.39, 0.29) is 24.1 Å². The zero-order valence-corrected chi connectivity index (χ0v) is 18.4. The number of fused-ring (bicyclic) bond motifs is 1. The van der Waals surface area contributed by atoms with Gasteiger partial charge in [-0.05, 0) is 43.7 Å². The third-order valence-corrected chi connectivity index (χ3v) is 6.48. The summed E-state index contributed by atoms with van der Waals surface area (Å²) in [6.45, 7) is 5.64. The molecule has 4 heterocycles. The van der Waals surface area contributed by atoms with Crippen LogP contribution in [0.4, 0.5) is 0 Å². The Hall–Kier alpha value is -2.88. The van der Waals surface area contributed by atoms with Crippen molar-refractivity contribution in [3.63, 3.8) is 0 Å². The topological polar surface area (TPSA) is 85.3 Å². The van der Waals surface area contributed by atoms with Gasteiger partial charge < -0.3 is 19.0 Å². The molecule has 5 rings (SSSR count). The summed E-state index contributed by atoms with van der Waals surface area (Å²) in [5, 5.41) is 15.6. The van der Waals surface area contributed by atoms with Crippen LogP contribution < -0.4 is 4.74 Å². The molecule has 4 aromatic rings. The normalized spacial score (nSPS) is 20.9. The van der Waals surface area contributed by atoms with Crippen molar-refractivity contribution in [1.29, 1.82) is 0 Å². The average Bonchev–Trinajstić information content (AvgIpc) is 3.47. The molecule has 3 aromatic heterocycles. The van der Waals surface area contributed by atoms with Gasteiger partial charge in [-0.2, -0.15) is 9.50 Å². The van der Waals surface area contributed by atoms with Crippen molar-refractivity contribution in [2.75, 3.05) is 20.2 Å². The smallest absolute Gasteiger partial charge is 0.230 e. The van der Waals surface area contributed by atoms with Crippen LogP contribution in [0.3, 0.4) is 0 Å². The summed E-state index contributed by atoms with van der Waals surface area (Å²) in [5.41, 5.74) is 1.03. The third-order valence-electron chi connectivity index (χ3n) is 5.41. The van der Waals surface area contributed by atoms with Crippen LogP contribution in [-0.2, 0) is 4.74 Å². The molecule has 162 valence electrons. The quantitative estimate of drug-likeness (QED) is 0.503. The lowest BCUT2D eigenvalue weighted by Crippen LogP contribution is -2.47. The second-order valence-corrected chi connectivity index (χ2v) is 8.80. The van der Waals surface area contributed by atoms with Crippen molar-refractivity contribution in [3.8, 4) is 23.2 Å². The number of morpholine rings is 1. The summed E-state index contributed by atoms with van der Waals surface area (Å²) in [4.78, 5) is 8.31. The molecule has 1 aliphatic rings. The molecule has 1 aromatic carbocycles. The zero-order chi connectivity index (χ0) is 21.5. The van der Waals surface area contributed by atoms with Crippen LogP contribution in [0.25, 0.3) is 16.5 Å². The van der Waals surface area contributed by atoms with Gasteiger partial charge in [-0.25, -0.2) is 0 Å². The molecule has 9 heteroatoms. The lowest BCUT2D eigenvalue weighted by Gasteiger charge is -2.40. The maximum absolute atomic E-state index is 11.2. The summed E-state index contributed by atoms with van der Waals surface area (Å²) in [6.07, 6.45) is 1.76. The number of rotatable bonds is 5. The van der Waals surface area contributed by atoms with E-state index in [1.807, 2.05) is 18.2 Å². The van der Waals surface area contributed by atoms with Crippen molar-refractivity contribution in [1.82, 2.24) is 19.5 Å². The second kappa shape index (κ2) is 7.99. The minimum absolute atomic E-state index is 0.0879. The molecule has 1 fully saturated rings. The number of nitrogens with zero attached hydrogens (tertiary/aromatic N) is 4. The molecule has 8 nitrogen and oxygen atoms in total. The molecule has 0 aliphatic carbocycles. The number of benzene rings is 1. The fourth-order valence-electron chi connectivity index (χ4n) is 4.21. The summed E-state index contributed by atoms with van der Waals surface area (Å²) in [6, 6.07) is 11.4. The maximum atomic E-state index is 11.2. The van der Waals surface area contributed by atoms with E-state index < -0.39 is 0 Å². The summed E-state index contributed by atoms with van der Waals surface area (Å²) >= 11 is 1.43. The highest BCUT2D eigenvalue weighted by molar-refractivity contribution is 7.17. The maximum Gasteiger partial charge on any atom is 0.230 e. The van der Waals surface area contributed by atoms with E-state index in [0.29, 0.717) is 16.5 Å². The minimum atomic E-state index is -0.176. The highest BCUT2D eigenvalue weighted by Crippen LogP contribution is 2.42. The van der Waals surface area contributed by atoms with Crippen LogP contribution in [0.15, 0.2) is 47.1 Å². The van der Waals surface area contributed by atoms with Gasteiger partial charge in [0.2, 0.25) is 16.7 Å². The number of hydrogen-bond acceptors (Lipinski definition) is 8. The van der Waals surface area contributed by atoms with Crippen LogP contribution in [0, 0.1) is 0 Å². The van der Waals surface area contributed by atoms with E-state index >= 15 is 0 Å². The van der Waals surface area contributed by atoms with Gasteiger partial charge in [0.05, 0.1) is 36.5 Å². The van der Waals surface area contributed by atoms with Gasteiger partial charge in [0.25, 0.3) is 0 Å². The van der Waals surface area contributed by atoms with Crippen molar-refractivity contribution < 1.29 is 19.0 Å². The first-order valence-electron chi connectivity index (χ1n) is 10.2. The Labute approximate surface area is 183 Å². The number of furan rings is 1. The van der Waals surface area contributed by atoms with E-state index in [1.165, 1.54) is 15.9 Å². The number of hydrogen-bond donors (Lipinski definition) is 1. The Morgan fingerprint density at radius 1 is 1.19 bits per heavy atom. The number of ether oxygens (including phenoxy) is 2. The lowest BCUT2D eigenvalue weighted by atomic mass is 10.0. The van der Waals surface area contributed by atoms with Gasteiger partial charge in [-0.3, -0.25) is 4.90 Å². The van der Waals surface area contributed by atoms with E-state index in [4.69, 9.17) is 13.9 Å². The van der Waals surface area contributed by atoms with Gasteiger partial charge in [-0.15, -0.1) is 5.10 Å². The molecule has 31 heavy (non-hydrogen) atoms. The molecular formula is C22H24N4O4S.